The highest BCUT2D eigenvalue weighted by Gasteiger charge is 2.23. The van der Waals surface area contributed by atoms with E-state index < -0.39 is 40.8 Å². The number of hydrogen-bond acceptors (Lipinski definition) is 5. The zero-order valence-corrected chi connectivity index (χ0v) is 11.3. The fraction of sp³-hybridized carbons (Fsp3) is 0.167. The molecule has 0 saturated carbocycles. The zero-order chi connectivity index (χ0) is 15.7. The van der Waals surface area contributed by atoms with Crippen molar-refractivity contribution in [1.82, 2.24) is 4.98 Å². The van der Waals surface area contributed by atoms with Gasteiger partial charge in [0.2, 0.25) is 5.82 Å². The Bertz CT molecular complexity index is 703. The van der Waals surface area contributed by atoms with Crippen LogP contribution in [0, 0.1) is 17.5 Å². The van der Waals surface area contributed by atoms with E-state index in [9.17, 15) is 23.1 Å². The SMILES string of the molecule is CC(O)c1csc(NC(=O)c2cc(F)c(F)c(O)c2F)n1. The monoisotopic (exact) mass is 318 g/mol. The number of phenolic OH excluding ortho intramolecular Hbond substituents is 1. The van der Waals surface area contributed by atoms with Crippen LogP contribution in [-0.2, 0) is 0 Å². The van der Waals surface area contributed by atoms with Crippen LogP contribution in [-0.4, -0.2) is 21.1 Å². The van der Waals surface area contributed by atoms with Crippen LogP contribution in [0.5, 0.6) is 5.75 Å². The lowest BCUT2D eigenvalue weighted by Gasteiger charge is -2.06. The van der Waals surface area contributed by atoms with Crippen molar-refractivity contribution in [2.75, 3.05) is 5.32 Å². The minimum atomic E-state index is -1.77. The molecule has 0 aliphatic carbocycles. The average Bonchev–Trinajstić information content (AvgIpc) is 2.89. The summed E-state index contributed by atoms with van der Waals surface area (Å²) in [5.74, 6) is -7.56. The number of aliphatic hydroxyl groups is 1. The van der Waals surface area contributed by atoms with Crippen LogP contribution in [0.2, 0.25) is 0 Å². The van der Waals surface area contributed by atoms with Gasteiger partial charge in [-0.1, -0.05) is 0 Å². The molecule has 3 N–H and O–H groups in total. The van der Waals surface area contributed by atoms with Gasteiger partial charge in [0.1, 0.15) is 0 Å². The number of halogens is 3. The molecule has 0 bridgehead atoms. The molecule has 1 amide bonds. The number of rotatable bonds is 3. The largest absolute Gasteiger partial charge is 0.503 e. The number of hydrogen-bond donors (Lipinski definition) is 3. The van der Waals surface area contributed by atoms with Crippen LogP contribution >= 0.6 is 11.3 Å². The first-order chi connectivity index (χ1) is 9.81. The van der Waals surface area contributed by atoms with Crippen molar-refractivity contribution in [3.63, 3.8) is 0 Å². The first kappa shape index (κ1) is 15.3. The van der Waals surface area contributed by atoms with Crippen molar-refractivity contribution in [3.8, 4) is 5.75 Å². The normalized spacial score (nSPS) is 12.2. The maximum absolute atomic E-state index is 13.6. The van der Waals surface area contributed by atoms with E-state index in [4.69, 9.17) is 5.11 Å². The molecule has 1 aromatic carbocycles. The Kier molecular flexibility index (Phi) is 4.14. The van der Waals surface area contributed by atoms with Crippen LogP contribution in [0.3, 0.4) is 0 Å². The van der Waals surface area contributed by atoms with Crippen molar-refractivity contribution < 1.29 is 28.2 Å². The number of carbonyl (C=O) groups excluding carboxylic acids is 1. The first-order valence-corrected chi connectivity index (χ1v) is 6.50. The van der Waals surface area contributed by atoms with Gasteiger partial charge in [-0.3, -0.25) is 10.1 Å². The Morgan fingerprint density at radius 3 is 2.62 bits per heavy atom. The molecular weight excluding hydrogens is 309 g/mol. The second-order valence-electron chi connectivity index (χ2n) is 4.09. The molecule has 0 aliphatic heterocycles. The van der Waals surface area contributed by atoms with Gasteiger partial charge in [0.15, 0.2) is 22.5 Å². The van der Waals surface area contributed by atoms with Gasteiger partial charge in [-0.05, 0) is 13.0 Å². The lowest BCUT2D eigenvalue weighted by Crippen LogP contribution is -2.15. The summed E-state index contributed by atoms with van der Waals surface area (Å²) in [6.07, 6.45) is -0.851. The topological polar surface area (TPSA) is 82.5 Å². The number of aromatic nitrogens is 1. The summed E-state index contributed by atoms with van der Waals surface area (Å²) >= 11 is 0.962. The Morgan fingerprint density at radius 1 is 1.38 bits per heavy atom. The molecule has 1 atom stereocenters. The second-order valence-corrected chi connectivity index (χ2v) is 4.95. The molecular formula is C12H9F3N2O3S. The van der Waals surface area contributed by atoms with E-state index in [0.717, 1.165) is 11.3 Å². The number of thiazole rings is 1. The zero-order valence-electron chi connectivity index (χ0n) is 10.5. The molecule has 112 valence electrons. The highest BCUT2D eigenvalue weighted by molar-refractivity contribution is 7.14. The molecule has 1 heterocycles. The highest BCUT2D eigenvalue weighted by atomic mass is 32.1. The Hall–Kier alpha value is -2.13. The van der Waals surface area contributed by atoms with Gasteiger partial charge in [0, 0.05) is 5.38 Å². The van der Waals surface area contributed by atoms with Crippen molar-refractivity contribution in [3.05, 3.63) is 40.2 Å². The summed E-state index contributed by atoms with van der Waals surface area (Å²) in [6.45, 7) is 1.47. The molecule has 21 heavy (non-hydrogen) atoms. The molecule has 1 aromatic heterocycles. The summed E-state index contributed by atoms with van der Waals surface area (Å²) in [4.78, 5) is 15.6. The fourth-order valence-electron chi connectivity index (χ4n) is 1.46. The highest BCUT2D eigenvalue weighted by Crippen LogP contribution is 2.27. The lowest BCUT2D eigenvalue weighted by atomic mass is 10.1. The van der Waals surface area contributed by atoms with E-state index in [2.05, 4.69) is 10.3 Å². The van der Waals surface area contributed by atoms with Crippen molar-refractivity contribution in [1.29, 1.82) is 0 Å². The summed E-state index contributed by atoms with van der Waals surface area (Å²) in [5, 5.41) is 22.0. The van der Waals surface area contributed by atoms with Gasteiger partial charge in [-0.25, -0.2) is 13.8 Å². The van der Waals surface area contributed by atoms with Gasteiger partial charge in [0.25, 0.3) is 5.91 Å². The molecule has 1 unspecified atom stereocenters. The number of carbonyl (C=O) groups is 1. The van der Waals surface area contributed by atoms with E-state index in [-0.39, 0.29) is 5.13 Å². The van der Waals surface area contributed by atoms with Crippen molar-refractivity contribution in [2.45, 2.75) is 13.0 Å². The van der Waals surface area contributed by atoms with Gasteiger partial charge >= 0.3 is 0 Å². The second kappa shape index (κ2) is 5.70. The third-order valence-corrected chi connectivity index (χ3v) is 3.32. The van der Waals surface area contributed by atoms with E-state index >= 15 is 0 Å². The summed E-state index contributed by atoms with van der Waals surface area (Å²) in [5.41, 5.74) is -0.566. The molecule has 0 saturated heterocycles. The number of phenols is 1. The summed E-state index contributed by atoms with van der Waals surface area (Å²) in [6, 6.07) is 0.336. The van der Waals surface area contributed by atoms with E-state index in [1.54, 1.807) is 0 Å². The Balaban J connectivity index is 2.28. The van der Waals surface area contributed by atoms with Crippen molar-refractivity contribution >= 4 is 22.4 Å². The van der Waals surface area contributed by atoms with Crippen LogP contribution in [0.1, 0.15) is 29.1 Å². The third kappa shape index (κ3) is 2.98. The van der Waals surface area contributed by atoms with Crippen LogP contribution < -0.4 is 5.32 Å². The summed E-state index contributed by atoms with van der Waals surface area (Å²) < 4.78 is 39.6. The molecule has 0 radical (unpaired) electrons. The molecule has 0 aliphatic rings. The quantitative estimate of drug-likeness (QED) is 0.760. The maximum Gasteiger partial charge on any atom is 0.260 e. The standard InChI is InChI=1S/C12H9F3N2O3S/c1-4(18)7-3-21-12(16-7)17-11(20)5-2-6(13)9(15)10(19)8(5)14/h2-4,18-19H,1H3,(H,16,17,20). The van der Waals surface area contributed by atoms with Gasteiger partial charge in [0.05, 0.1) is 17.4 Å². The van der Waals surface area contributed by atoms with Crippen LogP contribution in [0.4, 0.5) is 18.3 Å². The fourth-order valence-corrected chi connectivity index (χ4v) is 2.25. The number of anilines is 1. The van der Waals surface area contributed by atoms with E-state index in [1.165, 1.54) is 12.3 Å². The lowest BCUT2D eigenvalue weighted by molar-refractivity contribution is 0.102. The number of aliphatic hydroxyl groups excluding tert-OH is 1. The van der Waals surface area contributed by atoms with Gasteiger partial charge in [-0.15, -0.1) is 11.3 Å². The molecule has 5 nitrogen and oxygen atoms in total. The molecule has 2 aromatic rings. The summed E-state index contributed by atoms with van der Waals surface area (Å²) in [7, 11) is 0. The van der Waals surface area contributed by atoms with E-state index in [0.29, 0.717) is 11.8 Å². The van der Waals surface area contributed by atoms with E-state index in [1.807, 2.05) is 0 Å². The maximum atomic E-state index is 13.6. The Morgan fingerprint density at radius 2 is 2.05 bits per heavy atom. The smallest absolute Gasteiger partial charge is 0.260 e. The predicted octanol–water partition coefficient (Wildman–Crippen LogP) is 2.57. The Labute approximate surface area is 120 Å². The number of nitrogens with zero attached hydrogens (tertiary/aromatic N) is 1. The minimum absolute atomic E-state index is 0.0412. The molecule has 0 fully saturated rings. The van der Waals surface area contributed by atoms with Gasteiger partial charge < -0.3 is 10.2 Å². The van der Waals surface area contributed by atoms with Gasteiger partial charge in [-0.2, -0.15) is 4.39 Å². The molecule has 2 rings (SSSR count). The number of aromatic hydroxyl groups is 1. The average molecular weight is 318 g/mol. The predicted molar refractivity (Wildman–Crippen MR) is 68.7 cm³/mol. The molecule has 9 heteroatoms. The van der Waals surface area contributed by atoms with Crippen LogP contribution in [0.25, 0.3) is 0 Å². The minimum Gasteiger partial charge on any atom is -0.503 e. The van der Waals surface area contributed by atoms with Crippen molar-refractivity contribution in [2.24, 2.45) is 0 Å². The number of nitrogens with one attached hydrogen (secondary N) is 1. The van der Waals surface area contributed by atoms with Crippen LogP contribution in [0.15, 0.2) is 11.4 Å². The number of benzene rings is 1. The number of amides is 1. The third-order valence-electron chi connectivity index (χ3n) is 2.55. The molecule has 0 spiro atoms. The first-order valence-electron chi connectivity index (χ1n) is 5.62.